The SMILES string of the molecule is Cc1ccc(Nc2ncnc(Nc3cc(C(F)(F)F)ccc3Cl)c2N)nc1. The molecule has 0 aliphatic heterocycles. The van der Waals surface area contributed by atoms with Gasteiger partial charge in [-0.05, 0) is 36.8 Å². The van der Waals surface area contributed by atoms with Crippen LogP contribution in [0.2, 0.25) is 5.02 Å². The molecule has 2 aromatic heterocycles. The first-order valence-corrected chi connectivity index (χ1v) is 8.06. The third-order valence-electron chi connectivity index (χ3n) is 3.59. The van der Waals surface area contributed by atoms with Gasteiger partial charge in [0.05, 0.1) is 16.3 Å². The number of rotatable bonds is 4. The highest BCUT2D eigenvalue weighted by molar-refractivity contribution is 6.33. The van der Waals surface area contributed by atoms with E-state index in [1.165, 1.54) is 6.33 Å². The summed E-state index contributed by atoms with van der Waals surface area (Å²) in [5.41, 5.74) is 6.31. The second-order valence-corrected chi connectivity index (χ2v) is 6.05. The fraction of sp³-hybridized carbons (Fsp3) is 0.118. The van der Waals surface area contributed by atoms with Crippen LogP contribution in [0.5, 0.6) is 0 Å². The van der Waals surface area contributed by atoms with E-state index in [4.69, 9.17) is 17.3 Å². The summed E-state index contributed by atoms with van der Waals surface area (Å²) in [6, 6.07) is 6.53. The number of nitrogen functional groups attached to an aromatic ring is 1. The Balaban J connectivity index is 1.89. The summed E-state index contributed by atoms with van der Waals surface area (Å²) in [5, 5.41) is 5.75. The molecular formula is C17H14ClF3N6. The maximum absolute atomic E-state index is 12.9. The number of hydrogen-bond donors (Lipinski definition) is 3. The summed E-state index contributed by atoms with van der Waals surface area (Å²) >= 11 is 5.99. The first-order chi connectivity index (χ1) is 12.7. The van der Waals surface area contributed by atoms with Crippen molar-refractivity contribution in [3.8, 4) is 0 Å². The first-order valence-electron chi connectivity index (χ1n) is 7.68. The Morgan fingerprint density at radius 3 is 2.33 bits per heavy atom. The van der Waals surface area contributed by atoms with Gasteiger partial charge in [-0.25, -0.2) is 15.0 Å². The Labute approximate surface area is 157 Å². The lowest BCUT2D eigenvalue weighted by Gasteiger charge is -2.14. The molecule has 6 nitrogen and oxygen atoms in total. The molecule has 0 fully saturated rings. The molecule has 0 saturated heterocycles. The Morgan fingerprint density at radius 2 is 1.70 bits per heavy atom. The second-order valence-electron chi connectivity index (χ2n) is 5.65. The smallest absolute Gasteiger partial charge is 0.393 e. The molecule has 10 heteroatoms. The highest BCUT2D eigenvalue weighted by Gasteiger charge is 2.31. The molecule has 0 unspecified atom stereocenters. The van der Waals surface area contributed by atoms with Crippen molar-refractivity contribution in [1.29, 1.82) is 0 Å². The molecule has 0 saturated carbocycles. The first kappa shape index (κ1) is 18.7. The van der Waals surface area contributed by atoms with Gasteiger partial charge in [0.25, 0.3) is 0 Å². The van der Waals surface area contributed by atoms with Crippen LogP contribution < -0.4 is 16.4 Å². The van der Waals surface area contributed by atoms with Crippen molar-refractivity contribution >= 4 is 40.4 Å². The van der Waals surface area contributed by atoms with Crippen LogP contribution in [-0.4, -0.2) is 15.0 Å². The van der Waals surface area contributed by atoms with E-state index < -0.39 is 11.7 Å². The molecule has 27 heavy (non-hydrogen) atoms. The Morgan fingerprint density at radius 1 is 1.00 bits per heavy atom. The van der Waals surface area contributed by atoms with Crippen LogP contribution in [0.4, 0.5) is 42.0 Å². The average Bonchev–Trinajstić information content (AvgIpc) is 2.61. The minimum atomic E-state index is -4.50. The molecule has 0 spiro atoms. The number of halogens is 4. The molecule has 1 aromatic carbocycles. The van der Waals surface area contributed by atoms with Gasteiger partial charge in [-0.2, -0.15) is 13.2 Å². The van der Waals surface area contributed by atoms with Gasteiger partial charge in [-0.15, -0.1) is 0 Å². The van der Waals surface area contributed by atoms with Crippen LogP contribution in [0.3, 0.4) is 0 Å². The van der Waals surface area contributed by atoms with Crippen LogP contribution >= 0.6 is 11.6 Å². The van der Waals surface area contributed by atoms with Gasteiger partial charge in [-0.1, -0.05) is 17.7 Å². The van der Waals surface area contributed by atoms with Gasteiger partial charge in [-0.3, -0.25) is 0 Å². The number of nitrogens with zero attached hydrogens (tertiary/aromatic N) is 3. The van der Waals surface area contributed by atoms with Crippen LogP contribution in [0.1, 0.15) is 11.1 Å². The van der Waals surface area contributed by atoms with Gasteiger partial charge < -0.3 is 16.4 Å². The largest absolute Gasteiger partial charge is 0.416 e. The number of nitrogens with one attached hydrogen (secondary N) is 2. The quantitative estimate of drug-likeness (QED) is 0.582. The molecule has 0 amide bonds. The zero-order valence-electron chi connectivity index (χ0n) is 14.0. The maximum atomic E-state index is 12.9. The fourth-order valence-corrected chi connectivity index (χ4v) is 2.35. The van der Waals surface area contributed by atoms with Crippen LogP contribution in [-0.2, 0) is 6.18 Å². The predicted molar refractivity (Wildman–Crippen MR) is 98.4 cm³/mol. The summed E-state index contributed by atoms with van der Waals surface area (Å²) in [7, 11) is 0. The monoisotopic (exact) mass is 394 g/mol. The number of pyridine rings is 1. The van der Waals surface area contributed by atoms with Gasteiger partial charge >= 0.3 is 6.18 Å². The van der Waals surface area contributed by atoms with E-state index in [2.05, 4.69) is 25.6 Å². The molecule has 0 aliphatic rings. The molecule has 0 bridgehead atoms. The number of aryl methyl sites for hydroxylation is 1. The fourth-order valence-electron chi connectivity index (χ4n) is 2.18. The lowest BCUT2D eigenvalue weighted by molar-refractivity contribution is -0.137. The van der Waals surface area contributed by atoms with Crippen molar-refractivity contribution in [2.24, 2.45) is 0 Å². The van der Waals surface area contributed by atoms with Crippen molar-refractivity contribution in [2.75, 3.05) is 16.4 Å². The van der Waals surface area contributed by atoms with Crippen LogP contribution in [0.15, 0.2) is 42.9 Å². The summed E-state index contributed by atoms with van der Waals surface area (Å²) in [5.74, 6) is 0.877. The predicted octanol–water partition coefficient (Wildman–Crippen LogP) is 4.92. The molecule has 0 atom stereocenters. The van der Waals surface area contributed by atoms with Gasteiger partial charge in [0, 0.05) is 6.20 Å². The molecule has 3 aromatic rings. The van der Waals surface area contributed by atoms with E-state index in [1.54, 1.807) is 12.3 Å². The molecule has 140 valence electrons. The highest BCUT2D eigenvalue weighted by atomic mass is 35.5. The third-order valence-corrected chi connectivity index (χ3v) is 3.92. The van der Waals surface area contributed by atoms with E-state index in [1.807, 2.05) is 13.0 Å². The number of nitrogens with two attached hydrogens (primary N) is 1. The van der Waals surface area contributed by atoms with E-state index >= 15 is 0 Å². The number of aromatic nitrogens is 3. The zero-order chi connectivity index (χ0) is 19.6. The van der Waals surface area contributed by atoms with Gasteiger partial charge in [0.1, 0.15) is 17.8 Å². The van der Waals surface area contributed by atoms with E-state index in [-0.39, 0.29) is 28.0 Å². The van der Waals surface area contributed by atoms with Crippen molar-refractivity contribution in [3.05, 3.63) is 59.0 Å². The number of alkyl halides is 3. The normalized spacial score (nSPS) is 11.3. The van der Waals surface area contributed by atoms with Gasteiger partial charge in [0.15, 0.2) is 11.6 Å². The van der Waals surface area contributed by atoms with Crippen molar-refractivity contribution in [1.82, 2.24) is 15.0 Å². The van der Waals surface area contributed by atoms with E-state index in [0.29, 0.717) is 5.82 Å². The lowest BCUT2D eigenvalue weighted by atomic mass is 10.2. The molecule has 0 aliphatic carbocycles. The Bertz CT molecular complexity index is 960. The molecule has 2 heterocycles. The number of hydrogen-bond acceptors (Lipinski definition) is 6. The summed E-state index contributed by atoms with van der Waals surface area (Å²) < 4.78 is 38.7. The Hall–Kier alpha value is -3.07. The van der Waals surface area contributed by atoms with Crippen LogP contribution in [0, 0.1) is 6.92 Å². The maximum Gasteiger partial charge on any atom is 0.416 e. The lowest BCUT2D eigenvalue weighted by Crippen LogP contribution is -2.08. The standard InChI is InChI=1S/C17H14ClF3N6/c1-9-2-5-13(23-7-9)27-16-14(22)15(24-8-25-16)26-12-6-10(17(19,20)21)3-4-11(12)18/h2-8H,22H2,1H3,(H2,23,24,25,26,27). The summed E-state index contributed by atoms with van der Waals surface area (Å²) in [6.07, 6.45) is -1.61. The van der Waals surface area contributed by atoms with Crippen molar-refractivity contribution < 1.29 is 13.2 Å². The van der Waals surface area contributed by atoms with Crippen LogP contribution in [0.25, 0.3) is 0 Å². The summed E-state index contributed by atoms with van der Waals surface area (Å²) in [4.78, 5) is 12.2. The zero-order valence-corrected chi connectivity index (χ0v) is 14.7. The number of anilines is 5. The van der Waals surface area contributed by atoms with E-state index in [0.717, 1.165) is 23.8 Å². The number of benzene rings is 1. The average molecular weight is 395 g/mol. The minimum absolute atomic E-state index is 0.0244. The van der Waals surface area contributed by atoms with Crippen molar-refractivity contribution in [2.45, 2.75) is 13.1 Å². The minimum Gasteiger partial charge on any atom is -0.393 e. The van der Waals surface area contributed by atoms with E-state index in [9.17, 15) is 13.2 Å². The Kier molecular flexibility index (Phi) is 5.04. The highest BCUT2D eigenvalue weighted by Crippen LogP contribution is 2.36. The van der Waals surface area contributed by atoms with Crippen molar-refractivity contribution in [3.63, 3.8) is 0 Å². The molecular weight excluding hydrogens is 381 g/mol. The second kappa shape index (κ2) is 7.28. The summed E-state index contributed by atoms with van der Waals surface area (Å²) in [6.45, 7) is 1.90. The molecule has 0 radical (unpaired) electrons. The third kappa shape index (κ3) is 4.37. The molecule has 4 N–H and O–H groups in total. The van der Waals surface area contributed by atoms with Gasteiger partial charge in [0.2, 0.25) is 0 Å². The topological polar surface area (TPSA) is 88.8 Å². The molecule has 3 rings (SSSR count).